The third-order valence-electron chi connectivity index (χ3n) is 1.22. The van der Waals surface area contributed by atoms with Crippen molar-refractivity contribution in [1.82, 2.24) is 10.3 Å². The molecule has 0 saturated carbocycles. The molecule has 0 aliphatic rings. The van der Waals surface area contributed by atoms with E-state index >= 15 is 0 Å². The summed E-state index contributed by atoms with van der Waals surface area (Å²) >= 11 is 4.55. The van der Waals surface area contributed by atoms with Gasteiger partial charge in [0.2, 0.25) is 0 Å². The van der Waals surface area contributed by atoms with Crippen LogP contribution in [0.5, 0.6) is 0 Å². The molecule has 3 nitrogen and oxygen atoms in total. The van der Waals surface area contributed by atoms with E-state index in [1.807, 2.05) is 6.92 Å². The minimum absolute atomic E-state index is 0.154. The second kappa shape index (κ2) is 4.53. The number of aromatic nitrogens is 1. The fraction of sp³-hybridized carbons (Fsp3) is 0.250. The number of rotatable bonds is 3. The van der Waals surface area contributed by atoms with Crippen LogP contribution in [-0.2, 0) is 0 Å². The van der Waals surface area contributed by atoms with Crippen molar-refractivity contribution in [2.75, 3.05) is 6.54 Å². The fourth-order valence-corrected chi connectivity index (χ4v) is 1.79. The van der Waals surface area contributed by atoms with E-state index in [1.165, 1.54) is 11.3 Å². The van der Waals surface area contributed by atoms with Gasteiger partial charge in [-0.2, -0.15) is 0 Å². The highest BCUT2D eigenvalue weighted by atomic mass is 79.9. The highest BCUT2D eigenvalue weighted by Crippen LogP contribution is 2.18. The molecule has 0 fully saturated rings. The van der Waals surface area contributed by atoms with Crippen molar-refractivity contribution in [2.24, 2.45) is 0 Å². The first kappa shape index (κ1) is 10.4. The number of amides is 1. The molecule has 0 radical (unpaired) electrons. The lowest BCUT2D eigenvalue weighted by Crippen LogP contribution is -2.24. The Balaban J connectivity index is 2.54. The van der Waals surface area contributed by atoms with Crippen LogP contribution in [0.4, 0.5) is 0 Å². The van der Waals surface area contributed by atoms with Gasteiger partial charge in [0, 0.05) is 6.54 Å². The van der Waals surface area contributed by atoms with E-state index in [2.05, 4.69) is 32.8 Å². The molecule has 0 bridgehead atoms. The standard InChI is InChI=1S/C8H9BrN2OS/c1-5(2)3-10-7(12)8-11-4-6(9)13-8/h4H,1,3H2,2H3,(H,10,12). The molecule has 70 valence electrons. The van der Waals surface area contributed by atoms with Crippen molar-refractivity contribution in [2.45, 2.75) is 6.92 Å². The van der Waals surface area contributed by atoms with E-state index in [9.17, 15) is 4.79 Å². The molecule has 1 aromatic rings. The molecule has 0 aromatic carbocycles. The molecule has 0 aliphatic heterocycles. The van der Waals surface area contributed by atoms with E-state index in [4.69, 9.17) is 0 Å². The van der Waals surface area contributed by atoms with Crippen molar-refractivity contribution in [3.8, 4) is 0 Å². The van der Waals surface area contributed by atoms with E-state index < -0.39 is 0 Å². The number of nitrogens with one attached hydrogen (secondary N) is 1. The number of carbonyl (C=O) groups is 1. The first-order chi connectivity index (χ1) is 6.09. The first-order valence-electron chi connectivity index (χ1n) is 3.63. The first-order valence-corrected chi connectivity index (χ1v) is 5.24. The van der Waals surface area contributed by atoms with E-state index in [0.29, 0.717) is 11.6 Å². The summed E-state index contributed by atoms with van der Waals surface area (Å²) < 4.78 is 0.855. The molecule has 1 heterocycles. The summed E-state index contributed by atoms with van der Waals surface area (Å²) in [5, 5.41) is 3.17. The van der Waals surface area contributed by atoms with Crippen LogP contribution in [0.15, 0.2) is 22.1 Å². The summed E-state index contributed by atoms with van der Waals surface area (Å²) in [7, 11) is 0. The minimum Gasteiger partial charge on any atom is -0.346 e. The van der Waals surface area contributed by atoms with Crippen LogP contribution in [0.2, 0.25) is 0 Å². The zero-order chi connectivity index (χ0) is 9.84. The molecular formula is C8H9BrN2OS. The van der Waals surface area contributed by atoms with Gasteiger partial charge in [0.1, 0.15) is 0 Å². The monoisotopic (exact) mass is 260 g/mol. The van der Waals surface area contributed by atoms with Gasteiger partial charge in [0.05, 0.1) is 9.98 Å². The molecule has 0 spiro atoms. The Morgan fingerprint density at radius 3 is 3.00 bits per heavy atom. The van der Waals surface area contributed by atoms with Gasteiger partial charge in [-0.05, 0) is 22.9 Å². The Morgan fingerprint density at radius 2 is 2.54 bits per heavy atom. The van der Waals surface area contributed by atoms with E-state index in [0.717, 1.165) is 9.36 Å². The van der Waals surface area contributed by atoms with Gasteiger partial charge < -0.3 is 5.32 Å². The average Bonchev–Trinajstić information content (AvgIpc) is 2.47. The SMILES string of the molecule is C=C(C)CNC(=O)c1ncc(Br)s1. The zero-order valence-electron chi connectivity index (χ0n) is 7.13. The predicted molar refractivity (Wildman–Crippen MR) is 57.0 cm³/mol. The largest absolute Gasteiger partial charge is 0.346 e. The Morgan fingerprint density at radius 1 is 1.85 bits per heavy atom. The summed E-state index contributed by atoms with van der Waals surface area (Å²) in [5.41, 5.74) is 0.920. The molecular weight excluding hydrogens is 252 g/mol. The second-order valence-corrected chi connectivity index (χ2v) is 5.02. The van der Waals surface area contributed by atoms with Gasteiger partial charge in [-0.3, -0.25) is 4.79 Å². The molecule has 0 aliphatic carbocycles. The van der Waals surface area contributed by atoms with Gasteiger partial charge in [0.25, 0.3) is 5.91 Å². The molecule has 1 amide bonds. The highest BCUT2D eigenvalue weighted by molar-refractivity contribution is 9.11. The topological polar surface area (TPSA) is 42.0 Å². The van der Waals surface area contributed by atoms with Crippen LogP contribution in [0, 0.1) is 0 Å². The van der Waals surface area contributed by atoms with E-state index in [1.54, 1.807) is 6.20 Å². The third kappa shape index (κ3) is 3.28. The average molecular weight is 261 g/mol. The maximum absolute atomic E-state index is 11.3. The quantitative estimate of drug-likeness (QED) is 0.847. The number of halogens is 1. The Kier molecular flexibility index (Phi) is 3.62. The van der Waals surface area contributed by atoms with Crippen molar-refractivity contribution in [3.05, 3.63) is 27.1 Å². The lowest BCUT2D eigenvalue weighted by atomic mass is 10.3. The number of nitrogens with zero attached hydrogens (tertiary/aromatic N) is 1. The summed E-state index contributed by atoms with van der Waals surface area (Å²) in [6.07, 6.45) is 1.61. The van der Waals surface area contributed by atoms with Crippen LogP contribution in [0.1, 0.15) is 16.7 Å². The minimum atomic E-state index is -0.154. The van der Waals surface area contributed by atoms with Crippen LogP contribution < -0.4 is 5.32 Å². The molecule has 13 heavy (non-hydrogen) atoms. The number of hydrogen-bond acceptors (Lipinski definition) is 3. The van der Waals surface area contributed by atoms with Crippen LogP contribution >= 0.6 is 27.3 Å². The molecule has 1 aromatic heterocycles. The molecule has 0 unspecified atom stereocenters. The normalized spacial score (nSPS) is 9.69. The molecule has 0 atom stereocenters. The molecule has 5 heteroatoms. The molecule has 0 saturated heterocycles. The van der Waals surface area contributed by atoms with E-state index in [-0.39, 0.29) is 5.91 Å². The lowest BCUT2D eigenvalue weighted by molar-refractivity contribution is 0.0956. The van der Waals surface area contributed by atoms with Gasteiger partial charge in [-0.15, -0.1) is 11.3 Å². The zero-order valence-corrected chi connectivity index (χ0v) is 9.54. The van der Waals surface area contributed by atoms with Crippen molar-refractivity contribution in [3.63, 3.8) is 0 Å². The molecule has 1 N–H and O–H groups in total. The maximum atomic E-state index is 11.3. The predicted octanol–water partition coefficient (Wildman–Crippen LogP) is 2.21. The summed E-state index contributed by atoms with van der Waals surface area (Å²) in [5.74, 6) is -0.154. The Labute approximate surface area is 89.0 Å². The van der Waals surface area contributed by atoms with Crippen LogP contribution in [0.3, 0.4) is 0 Å². The van der Waals surface area contributed by atoms with Crippen molar-refractivity contribution >= 4 is 33.2 Å². The Bertz CT molecular complexity index is 335. The summed E-state index contributed by atoms with van der Waals surface area (Å²) in [6, 6.07) is 0. The lowest BCUT2D eigenvalue weighted by Gasteiger charge is -2.00. The Hall–Kier alpha value is -0.680. The van der Waals surface area contributed by atoms with Gasteiger partial charge in [0.15, 0.2) is 5.01 Å². The fourth-order valence-electron chi connectivity index (χ4n) is 0.666. The maximum Gasteiger partial charge on any atom is 0.280 e. The summed E-state index contributed by atoms with van der Waals surface area (Å²) in [4.78, 5) is 15.3. The van der Waals surface area contributed by atoms with Gasteiger partial charge >= 0.3 is 0 Å². The van der Waals surface area contributed by atoms with Crippen molar-refractivity contribution in [1.29, 1.82) is 0 Å². The van der Waals surface area contributed by atoms with Gasteiger partial charge in [-0.25, -0.2) is 4.98 Å². The van der Waals surface area contributed by atoms with Gasteiger partial charge in [-0.1, -0.05) is 12.2 Å². The third-order valence-corrected chi connectivity index (χ3v) is 2.70. The number of hydrogen-bond donors (Lipinski definition) is 1. The van der Waals surface area contributed by atoms with Crippen molar-refractivity contribution < 1.29 is 4.79 Å². The van der Waals surface area contributed by atoms with Crippen LogP contribution in [0.25, 0.3) is 0 Å². The number of thiazole rings is 1. The second-order valence-electron chi connectivity index (χ2n) is 2.61. The number of carbonyl (C=O) groups excluding carboxylic acids is 1. The molecule has 1 rings (SSSR count). The summed E-state index contributed by atoms with van der Waals surface area (Å²) in [6.45, 7) is 6.04. The highest BCUT2D eigenvalue weighted by Gasteiger charge is 2.08. The smallest absolute Gasteiger partial charge is 0.280 e. The van der Waals surface area contributed by atoms with Crippen LogP contribution in [-0.4, -0.2) is 17.4 Å².